The van der Waals surface area contributed by atoms with Crippen LogP contribution < -0.4 is 0 Å². The number of unbranched alkanes of at least 4 members (excludes halogenated alkanes) is 48. The normalized spacial score (nSPS) is 12.2. The highest BCUT2D eigenvalue weighted by Crippen LogP contribution is 2.18. The number of carbonyl (C=O) groups excluding carboxylic acids is 3. The Kier molecular flexibility index (Phi) is 65.1. The summed E-state index contributed by atoms with van der Waals surface area (Å²) < 4.78 is 17.0. The zero-order valence-corrected chi connectivity index (χ0v) is 52.7. The second-order valence-electron chi connectivity index (χ2n) is 23.8. The zero-order valence-electron chi connectivity index (χ0n) is 52.7. The van der Waals surface area contributed by atoms with Crippen LogP contribution in [0.3, 0.4) is 0 Å². The molecule has 0 aliphatic heterocycles. The lowest BCUT2D eigenvalue weighted by Crippen LogP contribution is -2.30. The molecule has 0 radical (unpaired) electrons. The van der Waals surface area contributed by atoms with Crippen LogP contribution in [0, 0.1) is 0 Å². The van der Waals surface area contributed by atoms with Crippen LogP contribution in [-0.2, 0) is 28.6 Å². The van der Waals surface area contributed by atoms with Crippen LogP contribution >= 0.6 is 0 Å². The van der Waals surface area contributed by atoms with Gasteiger partial charge in [-0.1, -0.05) is 327 Å². The van der Waals surface area contributed by atoms with Gasteiger partial charge in [0.25, 0.3) is 0 Å². The van der Waals surface area contributed by atoms with Gasteiger partial charge in [0.15, 0.2) is 6.10 Å². The molecule has 0 aliphatic rings. The summed E-state index contributed by atoms with van der Waals surface area (Å²) in [5.41, 5.74) is 0. The van der Waals surface area contributed by atoms with Gasteiger partial charge in [0.2, 0.25) is 0 Å². The van der Waals surface area contributed by atoms with Gasteiger partial charge in [-0.25, -0.2) is 0 Å². The molecule has 0 rings (SSSR count). The topological polar surface area (TPSA) is 78.9 Å². The summed E-state index contributed by atoms with van der Waals surface area (Å²) in [5.74, 6) is -0.849. The molecule has 0 heterocycles. The fourth-order valence-corrected chi connectivity index (χ4v) is 10.6. The molecule has 78 heavy (non-hydrogen) atoms. The second-order valence-corrected chi connectivity index (χ2v) is 23.8. The van der Waals surface area contributed by atoms with E-state index in [1.54, 1.807) is 0 Å². The van der Waals surface area contributed by atoms with Gasteiger partial charge in [-0.3, -0.25) is 14.4 Å². The molecule has 6 nitrogen and oxygen atoms in total. The lowest BCUT2D eigenvalue weighted by atomic mass is 10.0. The number of allylic oxidation sites excluding steroid dienone is 6. The summed E-state index contributed by atoms with van der Waals surface area (Å²) in [4.78, 5) is 38.4. The van der Waals surface area contributed by atoms with Gasteiger partial charge in [-0.15, -0.1) is 0 Å². The molecule has 0 fully saturated rings. The van der Waals surface area contributed by atoms with Crippen molar-refractivity contribution in [1.82, 2.24) is 0 Å². The molecule has 1 atom stereocenters. The van der Waals surface area contributed by atoms with Crippen molar-refractivity contribution in [3.8, 4) is 0 Å². The van der Waals surface area contributed by atoms with Crippen LogP contribution in [0.1, 0.15) is 387 Å². The van der Waals surface area contributed by atoms with Crippen LogP contribution in [0.5, 0.6) is 0 Å². The van der Waals surface area contributed by atoms with Crippen molar-refractivity contribution in [3.05, 3.63) is 36.5 Å². The predicted molar refractivity (Wildman–Crippen MR) is 339 cm³/mol. The Morgan fingerprint density at radius 2 is 0.462 bits per heavy atom. The van der Waals surface area contributed by atoms with E-state index in [1.807, 2.05) is 0 Å². The van der Waals surface area contributed by atoms with Gasteiger partial charge in [0.05, 0.1) is 0 Å². The van der Waals surface area contributed by atoms with Gasteiger partial charge < -0.3 is 14.2 Å². The largest absolute Gasteiger partial charge is 0.462 e. The fourth-order valence-electron chi connectivity index (χ4n) is 10.6. The van der Waals surface area contributed by atoms with E-state index >= 15 is 0 Å². The van der Waals surface area contributed by atoms with Crippen molar-refractivity contribution in [2.75, 3.05) is 13.2 Å². The van der Waals surface area contributed by atoms with Crippen molar-refractivity contribution < 1.29 is 28.6 Å². The Morgan fingerprint density at radius 1 is 0.256 bits per heavy atom. The summed E-state index contributed by atoms with van der Waals surface area (Å²) in [6.07, 6.45) is 83.0. The maximum atomic E-state index is 13.0. The SMILES string of the molecule is CCCCC/C=C\C/C=C\CCCCCCCCCC(=O)OCC(COC(=O)CCCCCCCCCCCCC/C=C\CCCCCCCCCC)OC(=O)CCCCCCCCCCCCCCCCCCCCCC. The minimum absolute atomic E-state index is 0.0703. The van der Waals surface area contributed by atoms with E-state index < -0.39 is 6.10 Å². The zero-order chi connectivity index (χ0) is 56.4. The average Bonchev–Trinajstić information content (AvgIpc) is 3.44. The van der Waals surface area contributed by atoms with E-state index in [1.165, 1.54) is 276 Å². The van der Waals surface area contributed by atoms with Crippen LogP contribution in [-0.4, -0.2) is 37.2 Å². The number of ether oxygens (including phenoxy) is 3. The summed E-state index contributed by atoms with van der Waals surface area (Å²) in [5, 5.41) is 0. The Morgan fingerprint density at radius 3 is 0.744 bits per heavy atom. The lowest BCUT2D eigenvalue weighted by molar-refractivity contribution is -0.167. The number of rotatable bonds is 65. The van der Waals surface area contributed by atoms with Gasteiger partial charge >= 0.3 is 17.9 Å². The van der Waals surface area contributed by atoms with Crippen LogP contribution in [0.2, 0.25) is 0 Å². The van der Waals surface area contributed by atoms with Gasteiger partial charge in [-0.05, 0) is 77.0 Å². The quantitative estimate of drug-likeness (QED) is 0.0261. The molecule has 0 saturated carbocycles. The molecule has 6 heteroatoms. The highest BCUT2D eigenvalue weighted by atomic mass is 16.6. The minimum Gasteiger partial charge on any atom is -0.462 e. The van der Waals surface area contributed by atoms with Crippen molar-refractivity contribution in [2.24, 2.45) is 0 Å². The molecule has 0 N–H and O–H groups in total. The molecule has 0 bridgehead atoms. The van der Waals surface area contributed by atoms with Gasteiger partial charge in [-0.2, -0.15) is 0 Å². The second kappa shape index (κ2) is 67.1. The Bertz CT molecular complexity index is 1300. The van der Waals surface area contributed by atoms with E-state index in [4.69, 9.17) is 14.2 Å². The number of esters is 3. The van der Waals surface area contributed by atoms with Gasteiger partial charge in [0.1, 0.15) is 13.2 Å². The summed E-state index contributed by atoms with van der Waals surface area (Å²) in [7, 11) is 0. The van der Waals surface area contributed by atoms with Crippen molar-refractivity contribution in [3.63, 3.8) is 0 Å². The third-order valence-electron chi connectivity index (χ3n) is 15.9. The molecule has 0 spiro atoms. The first-order chi connectivity index (χ1) is 38.5. The third kappa shape index (κ3) is 64.5. The smallest absolute Gasteiger partial charge is 0.306 e. The predicted octanol–water partition coefficient (Wildman–Crippen LogP) is 23.9. The van der Waals surface area contributed by atoms with E-state index in [-0.39, 0.29) is 31.1 Å². The maximum Gasteiger partial charge on any atom is 0.306 e. The van der Waals surface area contributed by atoms with Crippen molar-refractivity contribution in [2.45, 2.75) is 393 Å². The molecule has 1 unspecified atom stereocenters. The number of hydrogen-bond acceptors (Lipinski definition) is 6. The Balaban J connectivity index is 4.31. The van der Waals surface area contributed by atoms with E-state index in [0.29, 0.717) is 19.3 Å². The average molecular weight is 1100 g/mol. The van der Waals surface area contributed by atoms with Crippen LogP contribution in [0.15, 0.2) is 36.5 Å². The molecule has 458 valence electrons. The first-order valence-corrected chi connectivity index (χ1v) is 35.0. The Labute approximate surface area is 486 Å². The minimum atomic E-state index is -0.774. The molecule has 0 aromatic heterocycles. The lowest BCUT2D eigenvalue weighted by Gasteiger charge is -2.18. The number of hydrogen-bond donors (Lipinski definition) is 0. The molecular weight excluding hydrogens is 961 g/mol. The third-order valence-corrected chi connectivity index (χ3v) is 15.9. The summed E-state index contributed by atoms with van der Waals surface area (Å²) in [6, 6.07) is 0. The molecule has 0 aromatic carbocycles. The Hall–Kier alpha value is -2.37. The molecule has 0 aliphatic carbocycles. The maximum absolute atomic E-state index is 13.0. The molecular formula is C72H134O6. The molecule has 0 saturated heterocycles. The standard InChI is InChI=1S/C72H134O6/c1-4-7-10-13-16-19-22-25-28-31-33-35-36-37-39-41-44-47-50-53-56-59-62-65-71(74)77-68-69(67-76-70(73)64-61-58-55-52-49-46-43-40-30-27-24-21-18-15-12-9-6-3)78-72(75)66-63-60-57-54-51-48-45-42-38-34-32-29-26-23-20-17-14-11-8-5-2/h18,21,27,30-31,33,69H,4-17,19-20,22-26,28-29,32,34-68H2,1-3H3/b21-18-,30-27-,33-31-. The summed E-state index contributed by atoms with van der Waals surface area (Å²) >= 11 is 0. The first kappa shape index (κ1) is 75.6. The van der Waals surface area contributed by atoms with Gasteiger partial charge in [0, 0.05) is 19.3 Å². The van der Waals surface area contributed by atoms with Crippen molar-refractivity contribution in [1.29, 1.82) is 0 Å². The highest BCUT2D eigenvalue weighted by molar-refractivity contribution is 5.71. The number of carbonyl (C=O) groups is 3. The highest BCUT2D eigenvalue weighted by Gasteiger charge is 2.19. The van der Waals surface area contributed by atoms with E-state index in [9.17, 15) is 14.4 Å². The van der Waals surface area contributed by atoms with Crippen LogP contribution in [0.25, 0.3) is 0 Å². The van der Waals surface area contributed by atoms with Crippen LogP contribution in [0.4, 0.5) is 0 Å². The molecule has 0 aromatic rings. The van der Waals surface area contributed by atoms with Crippen molar-refractivity contribution >= 4 is 17.9 Å². The fraction of sp³-hybridized carbons (Fsp3) is 0.875. The monoisotopic (exact) mass is 1100 g/mol. The summed E-state index contributed by atoms with van der Waals surface area (Å²) in [6.45, 7) is 6.69. The van der Waals surface area contributed by atoms with E-state index in [0.717, 1.165) is 70.6 Å². The first-order valence-electron chi connectivity index (χ1n) is 35.0. The van der Waals surface area contributed by atoms with E-state index in [2.05, 4.69) is 57.2 Å². The molecule has 0 amide bonds.